The lowest BCUT2D eigenvalue weighted by molar-refractivity contribution is -0.146. The van der Waals surface area contributed by atoms with Gasteiger partial charge in [0.05, 0.1) is 18.3 Å². The monoisotopic (exact) mass is 739 g/mol. The van der Waals surface area contributed by atoms with Crippen LogP contribution < -0.4 is 21.3 Å². The first-order valence-corrected chi connectivity index (χ1v) is 18.6. The van der Waals surface area contributed by atoms with Crippen molar-refractivity contribution in [3.05, 3.63) is 72.3 Å². The molecular weight excluding hydrogens is 690 g/mol. The van der Waals surface area contributed by atoms with Gasteiger partial charge in [-0.25, -0.2) is 4.98 Å². The summed E-state index contributed by atoms with van der Waals surface area (Å²) in [5, 5.41) is 22.0. The van der Waals surface area contributed by atoms with Crippen LogP contribution in [-0.2, 0) is 36.8 Å². The molecule has 5 rings (SSSR count). The lowest BCUT2D eigenvalue weighted by Crippen LogP contribution is -2.63. The second-order valence-electron chi connectivity index (χ2n) is 14.6. The lowest BCUT2D eigenvalue weighted by Gasteiger charge is -2.41. The predicted octanol–water partition coefficient (Wildman–Crippen LogP) is 1.18. The number of carbonyl (C=O) groups is 6. The smallest absolute Gasteiger partial charge is 0.289 e. The highest BCUT2D eigenvalue weighted by atomic mass is 16.3. The molecule has 0 radical (unpaired) electrons. The third-order valence-corrected chi connectivity index (χ3v) is 10.9. The lowest BCUT2D eigenvalue weighted by atomic mass is 9.70. The first-order chi connectivity index (χ1) is 26.0. The van der Waals surface area contributed by atoms with Crippen molar-refractivity contribution in [2.45, 2.75) is 101 Å². The van der Waals surface area contributed by atoms with E-state index in [0.29, 0.717) is 25.7 Å². The van der Waals surface area contributed by atoms with E-state index in [1.807, 2.05) is 31.2 Å². The molecule has 0 bridgehead atoms. The third-order valence-electron chi connectivity index (χ3n) is 10.9. The topological polar surface area (TPSA) is 200 Å². The maximum absolute atomic E-state index is 14.8. The minimum Gasteiger partial charge on any atom is -0.390 e. The number of likely N-dealkylation sites (tertiary alicyclic amines) is 1. The van der Waals surface area contributed by atoms with Gasteiger partial charge in [0.1, 0.15) is 23.8 Å². The molecule has 2 fully saturated rings. The van der Waals surface area contributed by atoms with Crippen molar-refractivity contribution in [1.29, 1.82) is 0 Å². The second kappa shape index (κ2) is 18.1. The van der Waals surface area contributed by atoms with Gasteiger partial charge in [-0.3, -0.25) is 33.8 Å². The highest BCUT2D eigenvalue weighted by Crippen LogP contribution is 2.39. The van der Waals surface area contributed by atoms with Crippen LogP contribution in [0.1, 0.15) is 79.9 Å². The molecule has 0 spiro atoms. The fraction of sp³-hybridized carbons (Fsp3) is 0.500. The van der Waals surface area contributed by atoms with Crippen molar-refractivity contribution in [3.63, 3.8) is 0 Å². The Balaban J connectivity index is 1.43. The Labute approximate surface area is 315 Å². The molecular formula is C40H49N7O7. The van der Waals surface area contributed by atoms with Gasteiger partial charge >= 0.3 is 0 Å². The van der Waals surface area contributed by atoms with Gasteiger partial charge in [-0.2, -0.15) is 0 Å². The molecule has 14 nitrogen and oxygen atoms in total. The molecule has 3 aliphatic rings. The zero-order valence-electron chi connectivity index (χ0n) is 30.6. The molecule has 1 saturated heterocycles. The molecule has 1 aliphatic heterocycles. The molecule has 54 heavy (non-hydrogen) atoms. The average molecular weight is 740 g/mol. The number of hydrogen-bond acceptors (Lipinski definition) is 9. The van der Waals surface area contributed by atoms with Crippen molar-refractivity contribution in [1.82, 2.24) is 36.1 Å². The number of benzene rings is 1. The van der Waals surface area contributed by atoms with Crippen LogP contribution in [0.2, 0.25) is 0 Å². The highest BCUT2D eigenvalue weighted by molar-refractivity contribution is 6.38. The van der Waals surface area contributed by atoms with E-state index in [0.717, 1.165) is 30.4 Å². The molecule has 286 valence electrons. The Bertz CT molecular complexity index is 1750. The summed E-state index contributed by atoms with van der Waals surface area (Å²) in [6.45, 7) is 5.51. The maximum Gasteiger partial charge on any atom is 0.289 e. The van der Waals surface area contributed by atoms with Gasteiger partial charge in [0.15, 0.2) is 0 Å². The number of carbonyl (C=O) groups excluding carboxylic acids is 6. The summed E-state index contributed by atoms with van der Waals surface area (Å²) in [5.41, 5.74) is 1.48. The van der Waals surface area contributed by atoms with Crippen LogP contribution >= 0.6 is 0 Å². The fourth-order valence-electron chi connectivity index (χ4n) is 7.95. The number of nitrogens with zero attached hydrogens (tertiary/aromatic N) is 3. The molecule has 2 aliphatic carbocycles. The van der Waals surface area contributed by atoms with Crippen molar-refractivity contribution >= 4 is 35.3 Å². The second-order valence-corrected chi connectivity index (χ2v) is 14.6. The number of hydrogen-bond donors (Lipinski definition) is 5. The number of aromatic nitrogens is 2. The van der Waals surface area contributed by atoms with Gasteiger partial charge in [-0.05, 0) is 61.0 Å². The van der Waals surface area contributed by atoms with Crippen molar-refractivity contribution in [2.24, 2.45) is 11.3 Å². The number of Topliss-reactive ketones (excluding diaryl/α,β-unsaturated/α-hetero) is 1. The molecule has 1 aromatic heterocycles. The number of rotatable bonds is 15. The van der Waals surface area contributed by atoms with Gasteiger partial charge in [0, 0.05) is 31.9 Å². The zero-order chi connectivity index (χ0) is 38.8. The first kappa shape index (κ1) is 39.8. The quantitative estimate of drug-likeness (QED) is 0.101. The predicted molar refractivity (Wildman–Crippen MR) is 198 cm³/mol. The van der Waals surface area contributed by atoms with E-state index in [9.17, 15) is 33.9 Å². The molecule has 14 heteroatoms. The fourth-order valence-corrected chi connectivity index (χ4v) is 7.95. The first-order valence-electron chi connectivity index (χ1n) is 18.6. The van der Waals surface area contributed by atoms with Crippen molar-refractivity contribution in [2.75, 3.05) is 13.1 Å². The van der Waals surface area contributed by atoms with Crippen LogP contribution in [0.25, 0.3) is 0 Å². The summed E-state index contributed by atoms with van der Waals surface area (Å²) < 4.78 is 0. The minimum atomic E-state index is -1.42. The van der Waals surface area contributed by atoms with Gasteiger partial charge < -0.3 is 31.3 Å². The molecule has 5 atom stereocenters. The summed E-state index contributed by atoms with van der Waals surface area (Å²) in [6, 6.07) is 2.87. The number of nitrogens with one attached hydrogen (secondary N) is 4. The standard InChI is InChI=1S/C40H49N7O7/c1-4-6-14-28(33(49)37(52)43-18-5-2)44-36(51)32-30(48)15-21-47(32)39(54)31(27-22-25-12-8-9-13-26(25)23-27)45-38(53)34(40(3)16-10-7-11-17-40)46-35(50)29-24-41-19-20-42-29/h1,5,8-9,12-13,19-20,24,27-28,30-32,34,48H,2,6-7,10-11,14-18,21-23H2,3H3,(H,43,52)(H,44,51)(H,45,53)(H,46,50)/t28?,30?,31-,32-,34+/m0/s1. The van der Waals surface area contributed by atoms with Crippen LogP contribution in [0.15, 0.2) is 55.5 Å². The summed E-state index contributed by atoms with van der Waals surface area (Å²) in [7, 11) is 0. The molecule has 1 aromatic carbocycles. The van der Waals surface area contributed by atoms with Crippen molar-refractivity contribution in [3.8, 4) is 12.3 Å². The summed E-state index contributed by atoms with van der Waals surface area (Å²) >= 11 is 0. The molecule has 2 unspecified atom stereocenters. The number of terminal acetylenes is 1. The van der Waals surface area contributed by atoms with E-state index in [1.54, 1.807) is 0 Å². The van der Waals surface area contributed by atoms with Crippen LogP contribution in [0.4, 0.5) is 0 Å². The number of fused-ring (bicyclic) bond motifs is 1. The van der Waals surface area contributed by atoms with E-state index in [-0.39, 0.29) is 38.0 Å². The Hall–Kier alpha value is -5.42. The summed E-state index contributed by atoms with van der Waals surface area (Å²) in [4.78, 5) is 91.5. The van der Waals surface area contributed by atoms with Gasteiger partial charge in [0.2, 0.25) is 23.5 Å². The minimum absolute atomic E-state index is 0.00251. The Morgan fingerprint density at radius 2 is 1.76 bits per heavy atom. The van der Waals surface area contributed by atoms with Gasteiger partial charge in [0.25, 0.3) is 11.8 Å². The van der Waals surface area contributed by atoms with E-state index >= 15 is 0 Å². The molecule has 5 N–H and O–H groups in total. The average Bonchev–Trinajstić information content (AvgIpc) is 3.80. The summed E-state index contributed by atoms with van der Waals surface area (Å²) in [5.74, 6) is -2.39. The largest absolute Gasteiger partial charge is 0.390 e. The van der Waals surface area contributed by atoms with E-state index in [2.05, 4.69) is 43.7 Å². The molecule has 2 aromatic rings. The third kappa shape index (κ3) is 9.20. The number of amides is 5. The maximum atomic E-state index is 14.8. The van der Waals surface area contributed by atoms with E-state index in [4.69, 9.17) is 6.42 Å². The normalized spacial score (nSPS) is 20.6. The molecule has 5 amide bonds. The van der Waals surface area contributed by atoms with E-state index < -0.39 is 76.9 Å². The van der Waals surface area contributed by atoms with Crippen LogP contribution in [-0.4, -0.2) is 98.7 Å². The summed E-state index contributed by atoms with van der Waals surface area (Å²) in [6.07, 6.45) is 14.8. The molecule has 2 heterocycles. The van der Waals surface area contributed by atoms with Crippen LogP contribution in [0, 0.1) is 23.7 Å². The van der Waals surface area contributed by atoms with Gasteiger partial charge in [-0.1, -0.05) is 56.5 Å². The number of aliphatic hydroxyl groups is 1. The van der Waals surface area contributed by atoms with E-state index in [1.165, 1.54) is 29.6 Å². The van der Waals surface area contributed by atoms with Crippen molar-refractivity contribution < 1.29 is 33.9 Å². The van der Waals surface area contributed by atoms with Crippen LogP contribution in [0.3, 0.4) is 0 Å². The Morgan fingerprint density at radius 3 is 2.39 bits per heavy atom. The zero-order valence-corrected chi connectivity index (χ0v) is 30.6. The number of aliphatic hydroxyl groups excluding tert-OH is 1. The Morgan fingerprint density at radius 1 is 1.06 bits per heavy atom. The SMILES string of the molecule is C#CCCC(NC(=O)[C@@H]1C(O)CCN1C(=O)[C@@H](NC(=O)[C@@H](NC(=O)c1cnccn1)C1(C)CCCCC1)C1Cc2ccccc2C1)C(=O)C(=O)NCC=C. The van der Waals surface area contributed by atoms with Gasteiger partial charge in [-0.15, -0.1) is 18.9 Å². The van der Waals surface area contributed by atoms with Crippen LogP contribution in [0.5, 0.6) is 0 Å². The molecule has 1 saturated carbocycles. The Kier molecular flexibility index (Phi) is 13.3. The number of ketones is 1. The highest BCUT2D eigenvalue weighted by Gasteiger charge is 2.48.